The Morgan fingerprint density at radius 3 is 2.53 bits per heavy atom. The fraction of sp³-hybridized carbons (Fsp3) is 0.562. The second kappa shape index (κ2) is 4.33. The molecule has 2 bridgehead atoms. The summed E-state index contributed by atoms with van der Waals surface area (Å²) in [6.45, 7) is 1.99. The molecule has 0 aromatic heterocycles. The quantitative estimate of drug-likeness (QED) is 0.838. The summed E-state index contributed by atoms with van der Waals surface area (Å²) >= 11 is 0. The van der Waals surface area contributed by atoms with Gasteiger partial charge in [-0.3, -0.25) is 0 Å². The number of hydrogen-bond acceptors (Lipinski definition) is 3. The Bertz CT molecular complexity index is 532. The van der Waals surface area contributed by atoms with Gasteiger partial charge in [-0.1, -0.05) is 12.1 Å². The standard InChI is InChI=1S/C16H20N2O/c1-11-4-3-5-12(10-17)15(11)16(19)8-13-6-7-14(9-16)18(13)2/h3-5,13-14,19H,6-9H2,1-2H3. The molecule has 2 fully saturated rings. The minimum absolute atomic E-state index is 0.454. The average Bonchev–Trinajstić information content (AvgIpc) is 2.62. The van der Waals surface area contributed by atoms with Crippen LogP contribution in [0, 0.1) is 18.3 Å². The monoisotopic (exact) mass is 256 g/mol. The molecule has 0 amide bonds. The number of nitrogens with zero attached hydrogens (tertiary/aromatic N) is 2. The van der Waals surface area contributed by atoms with E-state index >= 15 is 0 Å². The summed E-state index contributed by atoms with van der Waals surface area (Å²) in [6.07, 6.45) is 3.83. The number of fused-ring (bicyclic) bond motifs is 2. The van der Waals surface area contributed by atoms with E-state index in [1.165, 1.54) is 0 Å². The molecule has 0 saturated carbocycles. The first-order chi connectivity index (χ1) is 9.05. The van der Waals surface area contributed by atoms with Crippen LogP contribution in [-0.2, 0) is 5.60 Å². The highest BCUT2D eigenvalue weighted by atomic mass is 16.3. The summed E-state index contributed by atoms with van der Waals surface area (Å²) in [5.41, 5.74) is 1.70. The molecule has 2 unspecified atom stereocenters. The van der Waals surface area contributed by atoms with Crippen LogP contribution in [0.3, 0.4) is 0 Å². The van der Waals surface area contributed by atoms with Gasteiger partial charge in [-0.15, -0.1) is 0 Å². The van der Waals surface area contributed by atoms with E-state index in [0.29, 0.717) is 17.6 Å². The zero-order valence-corrected chi connectivity index (χ0v) is 11.6. The largest absolute Gasteiger partial charge is 0.385 e. The van der Waals surface area contributed by atoms with E-state index in [1.54, 1.807) is 0 Å². The van der Waals surface area contributed by atoms with Gasteiger partial charge in [0.15, 0.2) is 0 Å². The van der Waals surface area contributed by atoms with Crippen molar-refractivity contribution in [2.24, 2.45) is 0 Å². The minimum atomic E-state index is -0.825. The fourth-order valence-corrected chi connectivity index (χ4v) is 4.03. The molecule has 3 rings (SSSR count). The second-order valence-electron chi connectivity index (χ2n) is 6.10. The number of rotatable bonds is 1. The number of piperidine rings is 1. The van der Waals surface area contributed by atoms with Crippen LogP contribution in [0.1, 0.15) is 42.4 Å². The molecule has 1 N–H and O–H groups in total. The third kappa shape index (κ3) is 1.87. The van der Waals surface area contributed by atoms with Gasteiger partial charge in [-0.2, -0.15) is 5.26 Å². The fourth-order valence-electron chi connectivity index (χ4n) is 4.03. The van der Waals surface area contributed by atoms with E-state index in [-0.39, 0.29) is 0 Å². The predicted molar refractivity (Wildman–Crippen MR) is 73.6 cm³/mol. The molecule has 0 spiro atoms. The van der Waals surface area contributed by atoms with Crippen LogP contribution in [0.4, 0.5) is 0 Å². The Hall–Kier alpha value is -1.37. The van der Waals surface area contributed by atoms with Crippen LogP contribution in [0.5, 0.6) is 0 Å². The zero-order chi connectivity index (χ0) is 13.6. The molecule has 2 saturated heterocycles. The van der Waals surface area contributed by atoms with Gasteiger partial charge in [0, 0.05) is 17.6 Å². The molecule has 2 atom stereocenters. The van der Waals surface area contributed by atoms with E-state index < -0.39 is 5.60 Å². The van der Waals surface area contributed by atoms with E-state index in [4.69, 9.17) is 0 Å². The molecule has 2 aliphatic heterocycles. The highest BCUT2D eigenvalue weighted by molar-refractivity contribution is 5.46. The van der Waals surface area contributed by atoms with Crippen LogP contribution in [0.2, 0.25) is 0 Å². The van der Waals surface area contributed by atoms with Crippen molar-refractivity contribution in [2.75, 3.05) is 7.05 Å². The Balaban J connectivity index is 2.05. The molecular formula is C16H20N2O. The SMILES string of the molecule is Cc1cccc(C#N)c1C1(O)CC2CCC(C1)N2C. The van der Waals surface area contributed by atoms with Crippen molar-refractivity contribution >= 4 is 0 Å². The van der Waals surface area contributed by atoms with Crippen molar-refractivity contribution in [2.45, 2.75) is 50.3 Å². The molecule has 0 aliphatic carbocycles. The summed E-state index contributed by atoms with van der Waals surface area (Å²) in [4.78, 5) is 2.40. The Labute approximate surface area is 114 Å². The van der Waals surface area contributed by atoms with Crippen LogP contribution < -0.4 is 0 Å². The number of aliphatic hydroxyl groups is 1. The first-order valence-corrected chi connectivity index (χ1v) is 6.99. The number of hydrogen-bond donors (Lipinski definition) is 1. The number of nitriles is 1. The lowest BCUT2D eigenvalue weighted by atomic mass is 9.77. The molecule has 2 aliphatic rings. The molecule has 2 heterocycles. The maximum atomic E-state index is 11.2. The molecular weight excluding hydrogens is 236 g/mol. The van der Waals surface area contributed by atoms with Gasteiger partial charge in [0.05, 0.1) is 17.2 Å². The first-order valence-electron chi connectivity index (χ1n) is 6.99. The average molecular weight is 256 g/mol. The number of aryl methyl sites for hydroxylation is 1. The van der Waals surface area contributed by atoms with Gasteiger partial charge in [-0.05, 0) is 51.3 Å². The van der Waals surface area contributed by atoms with E-state index in [1.807, 2.05) is 25.1 Å². The van der Waals surface area contributed by atoms with Crippen LogP contribution in [0.15, 0.2) is 18.2 Å². The highest BCUT2D eigenvalue weighted by Gasteiger charge is 2.47. The molecule has 3 heteroatoms. The Morgan fingerprint density at radius 2 is 1.95 bits per heavy atom. The van der Waals surface area contributed by atoms with Crippen molar-refractivity contribution in [3.8, 4) is 6.07 Å². The number of benzene rings is 1. The van der Waals surface area contributed by atoms with Crippen LogP contribution >= 0.6 is 0 Å². The van der Waals surface area contributed by atoms with E-state index in [2.05, 4.69) is 18.0 Å². The van der Waals surface area contributed by atoms with Gasteiger partial charge in [-0.25, -0.2) is 0 Å². The summed E-state index contributed by atoms with van der Waals surface area (Å²) in [5, 5.41) is 20.5. The molecule has 1 aromatic rings. The third-order valence-electron chi connectivity index (χ3n) is 4.99. The molecule has 3 nitrogen and oxygen atoms in total. The van der Waals surface area contributed by atoms with E-state index in [9.17, 15) is 10.4 Å². The lowest BCUT2D eigenvalue weighted by molar-refractivity contribution is -0.0499. The van der Waals surface area contributed by atoms with Crippen LogP contribution in [0.25, 0.3) is 0 Å². The van der Waals surface area contributed by atoms with Crippen molar-refractivity contribution < 1.29 is 5.11 Å². The predicted octanol–water partition coefficient (Wildman–Crippen LogP) is 2.31. The topological polar surface area (TPSA) is 47.3 Å². The second-order valence-corrected chi connectivity index (χ2v) is 6.10. The van der Waals surface area contributed by atoms with Gasteiger partial charge in [0.1, 0.15) is 0 Å². The Morgan fingerprint density at radius 1 is 1.32 bits per heavy atom. The summed E-state index contributed by atoms with van der Waals surface area (Å²) in [7, 11) is 2.16. The Kier molecular flexibility index (Phi) is 2.88. The van der Waals surface area contributed by atoms with E-state index in [0.717, 1.165) is 36.8 Å². The van der Waals surface area contributed by atoms with Crippen molar-refractivity contribution in [1.29, 1.82) is 5.26 Å². The first kappa shape index (κ1) is 12.7. The maximum absolute atomic E-state index is 11.2. The van der Waals surface area contributed by atoms with Crippen molar-refractivity contribution in [3.05, 3.63) is 34.9 Å². The van der Waals surface area contributed by atoms with Gasteiger partial charge in [0.25, 0.3) is 0 Å². The smallest absolute Gasteiger partial charge is 0.0995 e. The molecule has 19 heavy (non-hydrogen) atoms. The normalized spacial score (nSPS) is 34.2. The third-order valence-corrected chi connectivity index (χ3v) is 4.99. The summed E-state index contributed by atoms with van der Waals surface area (Å²) in [5.74, 6) is 0. The minimum Gasteiger partial charge on any atom is -0.385 e. The zero-order valence-electron chi connectivity index (χ0n) is 11.6. The van der Waals surface area contributed by atoms with Gasteiger partial charge < -0.3 is 10.0 Å². The van der Waals surface area contributed by atoms with Crippen LogP contribution in [-0.4, -0.2) is 29.1 Å². The molecule has 100 valence electrons. The lowest BCUT2D eigenvalue weighted by Crippen LogP contribution is -2.48. The summed E-state index contributed by atoms with van der Waals surface area (Å²) < 4.78 is 0. The molecule has 0 radical (unpaired) electrons. The van der Waals surface area contributed by atoms with Gasteiger partial charge in [0.2, 0.25) is 0 Å². The maximum Gasteiger partial charge on any atom is 0.0995 e. The summed E-state index contributed by atoms with van der Waals surface area (Å²) in [6, 6.07) is 8.86. The van der Waals surface area contributed by atoms with Crippen molar-refractivity contribution in [3.63, 3.8) is 0 Å². The van der Waals surface area contributed by atoms with Crippen molar-refractivity contribution in [1.82, 2.24) is 4.90 Å². The highest BCUT2D eigenvalue weighted by Crippen LogP contribution is 2.46. The van der Waals surface area contributed by atoms with Gasteiger partial charge >= 0.3 is 0 Å². The lowest BCUT2D eigenvalue weighted by Gasteiger charge is -2.43. The molecule has 1 aromatic carbocycles.